The van der Waals surface area contributed by atoms with Crippen LogP contribution in [0.15, 0.2) is 24.3 Å². The number of benzene rings is 1. The molecule has 110 valence electrons. The van der Waals surface area contributed by atoms with Crippen molar-refractivity contribution in [2.24, 2.45) is 0 Å². The normalized spacial score (nSPS) is 17.1. The predicted molar refractivity (Wildman–Crippen MR) is 81.9 cm³/mol. The van der Waals surface area contributed by atoms with Crippen LogP contribution in [0.1, 0.15) is 54.9 Å². The van der Waals surface area contributed by atoms with Crippen molar-refractivity contribution in [3.05, 3.63) is 52.7 Å². The first-order valence-electron chi connectivity index (χ1n) is 7.43. The number of nitrogens with zero attached hydrogens (tertiary/aromatic N) is 2. The lowest BCUT2D eigenvalue weighted by Crippen LogP contribution is -2.11. The molecule has 1 N–H and O–H groups in total. The highest BCUT2D eigenvalue weighted by molar-refractivity contribution is 5.44. The van der Waals surface area contributed by atoms with Crippen LogP contribution in [-0.2, 0) is 6.42 Å². The van der Waals surface area contributed by atoms with Crippen LogP contribution in [-0.4, -0.2) is 9.97 Å². The van der Waals surface area contributed by atoms with Gasteiger partial charge in [0.1, 0.15) is 17.5 Å². The van der Waals surface area contributed by atoms with Gasteiger partial charge in [-0.05, 0) is 43.0 Å². The summed E-state index contributed by atoms with van der Waals surface area (Å²) in [4.78, 5) is 9.03. The second kappa shape index (κ2) is 5.43. The Morgan fingerprint density at radius 3 is 2.81 bits per heavy atom. The molecule has 0 bridgehead atoms. The Morgan fingerprint density at radius 2 is 2.05 bits per heavy atom. The molecule has 0 saturated carbocycles. The van der Waals surface area contributed by atoms with Gasteiger partial charge >= 0.3 is 0 Å². The largest absolute Gasteiger partial charge is 0.363 e. The minimum absolute atomic E-state index is 0.130. The summed E-state index contributed by atoms with van der Waals surface area (Å²) in [6.07, 6.45) is 1.95. The molecule has 1 aliphatic rings. The van der Waals surface area contributed by atoms with E-state index in [9.17, 15) is 4.39 Å². The van der Waals surface area contributed by atoms with Gasteiger partial charge in [-0.15, -0.1) is 0 Å². The molecule has 0 amide bonds. The standard InChI is InChI=1S/C17H20FN3/c1-10(2)17-19-11(3)8-16(21-17)20-15-7-5-12-4-6-13(18)9-14(12)15/h4,6,8-10,15H,5,7H2,1-3H3,(H,19,20,21). The number of hydrogen-bond acceptors (Lipinski definition) is 3. The summed E-state index contributed by atoms with van der Waals surface area (Å²) in [6.45, 7) is 6.14. The third-order valence-electron chi connectivity index (χ3n) is 3.90. The van der Waals surface area contributed by atoms with E-state index in [0.717, 1.165) is 35.7 Å². The monoisotopic (exact) mass is 285 g/mol. The number of nitrogens with one attached hydrogen (secondary N) is 1. The second-order valence-electron chi connectivity index (χ2n) is 5.99. The third kappa shape index (κ3) is 2.89. The zero-order valence-corrected chi connectivity index (χ0v) is 12.7. The van der Waals surface area contributed by atoms with Gasteiger partial charge in [-0.1, -0.05) is 19.9 Å². The van der Waals surface area contributed by atoms with E-state index in [1.165, 1.54) is 11.6 Å². The summed E-state index contributed by atoms with van der Waals surface area (Å²) in [6, 6.07) is 7.13. The van der Waals surface area contributed by atoms with E-state index in [1.807, 2.05) is 19.1 Å². The van der Waals surface area contributed by atoms with Crippen molar-refractivity contribution in [3.8, 4) is 0 Å². The Kier molecular flexibility index (Phi) is 3.62. The molecule has 1 unspecified atom stereocenters. The summed E-state index contributed by atoms with van der Waals surface area (Å²) in [7, 11) is 0. The van der Waals surface area contributed by atoms with Crippen molar-refractivity contribution in [2.75, 3.05) is 5.32 Å². The molecule has 3 nitrogen and oxygen atoms in total. The van der Waals surface area contributed by atoms with Crippen molar-refractivity contribution in [2.45, 2.75) is 45.6 Å². The fourth-order valence-corrected chi connectivity index (χ4v) is 2.83. The minimum Gasteiger partial charge on any atom is -0.363 e. The van der Waals surface area contributed by atoms with Gasteiger partial charge in [-0.3, -0.25) is 0 Å². The van der Waals surface area contributed by atoms with Crippen LogP contribution in [0.3, 0.4) is 0 Å². The summed E-state index contributed by atoms with van der Waals surface area (Å²) in [5.74, 6) is 1.78. The van der Waals surface area contributed by atoms with Gasteiger partial charge in [0.25, 0.3) is 0 Å². The van der Waals surface area contributed by atoms with Gasteiger partial charge in [0.05, 0.1) is 6.04 Å². The number of hydrogen-bond donors (Lipinski definition) is 1. The van der Waals surface area contributed by atoms with E-state index in [0.29, 0.717) is 5.92 Å². The summed E-state index contributed by atoms with van der Waals surface area (Å²) < 4.78 is 13.5. The molecular formula is C17H20FN3. The molecule has 2 aromatic rings. The van der Waals surface area contributed by atoms with Gasteiger partial charge in [0.2, 0.25) is 0 Å². The van der Waals surface area contributed by atoms with Gasteiger partial charge in [-0.2, -0.15) is 0 Å². The van der Waals surface area contributed by atoms with Gasteiger partial charge in [0.15, 0.2) is 0 Å². The van der Waals surface area contributed by atoms with Crippen LogP contribution in [0.4, 0.5) is 10.2 Å². The Morgan fingerprint density at radius 1 is 1.24 bits per heavy atom. The molecule has 1 aromatic heterocycles. The third-order valence-corrected chi connectivity index (χ3v) is 3.90. The van der Waals surface area contributed by atoms with Gasteiger partial charge < -0.3 is 5.32 Å². The lowest BCUT2D eigenvalue weighted by Gasteiger charge is -2.16. The van der Waals surface area contributed by atoms with Crippen LogP contribution in [0, 0.1) is 12.7 Å². The average molecular weight is 285 g/mol. The number of aromatic nitrogens is 2. The first kappa shape index (κ1) is 14.0. The van der Waals surface area contributed by atoms with E-state index < -0.39 is 0 Å². The SMILES string of the molecule is Cc1cc(NC2CCc3ccc(F)cc32)nc(C(C)C)n1. The molecule has 4 heteroatoms. The topological polar surface area (TPSA) is 37.8 Å². The number of fused-ring (bicyclic) bond motifs is 1. The summed E-state index contributed by atoms with van der Waals surface area (Å²) in [5.41, 5.74) is 3.23. The lowest BCUT2D eigenvalue weighted by molar-refractivity contribution is 0.623. The highest BCUT2D eigenvalue weighted by atomic mass is 19.1. The predicted octanol–water partition coefficient (Wildman–Crippen LogP) is 4.15. The number of halogens is 1. The van der Waals surface area contributed by atoms with Crippen molar-refractivity contribution in [3.63, 3.8) is 0 Å². The Balaban J connectivity index is 1.87. The summed E-state index contributed by atoms with van der Waals surface area (Å²) >= 11 is 0. The van der Waals surface area contributed by atoms with Crippen LogP contribution in [0.5, 0.6) is 0 Å². The highest BCUT2D eigenvalue weighted by Gasteiger charge is 2.23. The van der Waals surface area contributed by atoms with Crippen molar-refractivity contribution in [1.82, 2.24) is 9.97 Å². The maximum absolute atomic E-state index is 13.5. The maximum Gasteiger partial charge on any atom is 0.133 e. The molecular weight excluding hydrogens is 265 g/mol. The zero-order chi connectivity index (χ0) is 15.0. The Bertz CT molecular complexity index is 667. The van der Waals surface area contributed by atoms with E-state index in [-0.39, 0.29) is 11.9 Å². The Labute approximate surface area is 124 Å². The van der Waals surface area contributed by atoms with E-state index in [1.54, 1.807) is 6.07 Å². The van der Waals surface area contributed by atoms with E-state index in [2.05, 4.69) is 29.1 Å². The molecule has 3 rings (SSSR count). The van der Waals surface area contributed by atoms with Gasteiger partial charge in [-0.25, -0.2) is 14.4 Å². The number of aryl methyl sites for hydroxylation is 2. The fraction of sp³-hybridized carbons (Fsp3) is 0.412. The first-order valence-corrected chi connectivity index (χ1v) is 7.43. The van der Waals surface area contributed by atoms with E-state index in [4.69, 9.17) is 0 Å². The van der Waals surface area contributed by atoms with Crippen molar-refractivity contribution < 1.29 is 4.39 Å². The second-order valence-corrected chi connectivity index (χ2v) is 5.99. The molecule has 1 aromatic carbocycles. The molecule has 0 spiro atoms. The van der Waals surface area contributed by atoms with Crippen LogP contribution < -0.4 is 5.32 Å². The molecule has 1 heterocycles. The Hall–Kier alpha value is -1.97. The molecule has 1 aliphatic carbocycles. The van der Waals surface area contributed by atoms with Crippen LogP contribution in [0.25, 0.3) is 0 Å². The molecule has 0 radical (unpaired) electrons. The fourth-order valence-electron chi connectivity index (χ4n) is 2.83. The zero-order valence-electron chi connectivity index (χ0n) is 12.7. The van der Waals surface area contributed by atoms with Gasteiger partial charge in [0, 0.05) is 17.7 Å². The highest BCUT2D eigenvalue weighted by Crippen LogP contribution is 2.34. The quantitative estimate of drug-likeness (QED) is 0.920. The number of rotatable bonds is 3. The van der Waals surface area contributed by atoms with Crippen molar-refractivity contribution >= 4 is 5.82 Å². The molecule has 0 aliphatic heterocycles. The van der Waals surface area contributed by atoms with Crippen LogP contribution in [0.2, 0.25) is 0 Å². The maximum atomic E-state index is 13.5. The van der Waals surface area contributed by atoms with Crippen molar-refractivity contribution in [1.29, 1.82) is 0 Å². The molecule has 1 atom stereocenters. The van der Waals surface area contributed by atoms with E-state index >= 15 is 0 Å². The van der Waals surface area contributed by atoms with Crippen LogP contribution >= 0.6 is 0 Å². The molecule has 21 heavy (non-hydrogen) atoms. The lowest BCUT2D eigenvalue weighted by atomic mass is 10.1. The average Bonchev–Trinajstić information content (AvgIpc) is 2.80. The molecule has 0 fully saturated rings. The number of anilines is 1. The smallest absolute Gasteiger partial charge is 0.133 e. The molecule has 0 saturated heterocycles. The minimum atomic E-state index is -0.177. The first-order chi connectivity index (χ1) is 10.0. The summed E-state index contributed by atoms with van der Waals surface area (Å²) in [5, 5.41) is 3.44.